The lowest BCUT2D eigenvalue weighted by Crippen LogP contribution is -2.47. The molecular formula is C12H20N2O3S2. The number of hydrogen-bond donors (Lipinski definition) is 1. The molecule has 2 fully saturated rings. The van der Waals surface area contributed by atoms with E-state index >= 15 is 0 Å². The molecule has 108 valence electrons. The molecule has 1 saturated carbocycles. The van der Waals surface area contributed by atoms with E-state index in [1.807, 2.05) is 0 Å². The Hall–Kier alpha value is -0.690. The molecule has 0 aromatic carbocycles. The van der Waals surface area contributed by atoms with Gasteiger partial charge in [0.25, 0.3) is 0 Å². The molecular weight excluding hydrogens is 284 g/mol. The van der Waals surface area contributed by atoms with E-state index < -0.39 is 15.1 Å². The summed E-state index contributed by atoms with van der Waals surface area (Å²) in [5.74, 6) is -0.101. The summed E-state index contributed by atoms with van der Waals surface area (Å²) in [6.45, 7) is 0.449. The molecule has 2 N–H and O–H groups in total. The van der Waals surface area contributed by atoms with Gasteiger partial charge in [-0.2, -0.15) is 0 Å². The quantitative estimate of drug-likeness (QED) is 0.753. The summed E-state index contributed by atoms with van der Waals surface area (Å²) in [5.41, 5.74) is 5.47. The maximum absolute atomic E-state index is 12.5. The van der Waals surface area contributed by atoms with Crippen LogP contribution >= 0.6 is 12.2 Å². The van der Waals surface area contributed by atoms with Crippen LogP contribution < -0.4 is 5.73 Å². The van der Waals surface area contributed by atoms with Crippen molar-refractivity contribution in [3.05, 3.63) is 0 Å². The van der Waals surface area contributed by atoms with Gasteiger partial charge in [-0.25, -0.2) is 8.42 Å². The standard InChI is InChI=1S/C12H20N2O3S2/c13-11(18)6-7-14(9-4-5-9)12(15)10-3-1-2-8-19(10,16)17/h9-10H,1-8H2,(H2,13,18). The van der Waals surface area contributed by atoms with Gasteiger partial charge in [-0.05, 0) is 25.7 Å². The van der Waals surface area contributed by atoms with E-state index in [1.54, 1.807) is 4.90 Å². The number of carbonyl (C=O) groups excluding carboxylic acids is 1. The Labute approximate surface area is 119 Å². The van der Waals surface area contributed by atoms with Crippen LogP contribution in [0, 0.1) is 0 Å². The van der Waals surface area contributed by atoms with E-state index in [0.717, 1.165) is 19.3 Å². The average Bonchev–Trinajstić information content (AvgIpc) is 3.12. The topological polar surface area (TPSA) is 80.5 Å². The van der Waals surface area contributed by atoms with Gasteiger partial charge in [0, 0.05) is 19.0 Å². The Bertz CT molecular complexity index is 471. The molecule has 0 spiro atoms. The van der Waals surface area contributed by atoms with Crippen molar-refractivity contribution in [3.8, 4) is 0 Å². The molecule has 1 aliphatic carbocycles. The van der Waals surface area contributed by atoms with Gasteiger partial charge in [-0.15, -0.1) is 0 Å². The summed E-state index contributed by atoms with van der Waals surface area (Å²) in [5, 5.41) is -0.840. The number of nitrogens with zero attached hydrogens (tertiary/aromatic N) is 1. The summed E-state index contributed by atoms with van der Waals surface area (Å²) in [7, 11) is -3.27. The number of sulfone groups is 1. The highest BCUT2D eigenvalue weighted by Crippen LogP contribution is 2.30. The van der Waals surface area contributed by atoms with Crippen LogP contribution in [0.15, 0.2) is 0 Å². The predicted octanol–water partition coefficient (Wildman–Crippen LogP) is 0.621. The number of amides is 1. The van der Waals surface area contributed by atoms with Crippen LogP contribution in [0.25, 0.3) is 0 Å². The number of carbonyl (C=O) groups is 1. The van der Waals surface area contributed by atoms with E-state index in [0.29, 0.717) is 30.8 Å². The highest BCUT2D eigenvalue weighted by atomic mass is 32.2. The lowest BCUT2D eigenvalue weighted by atomic mass is 10.1. The first-order valence-corrected chi connectivity index (χ1v) is 8.84. The summed E-state index contributed by atoms with van der Waals surface area (Å²) in [6, 6.07) is 0.193. The first kappa shape index (κ1) is 14.7. The molecule has 1 atom stereocenters. The van der Waals surface area contributed by atoms with Crippen molar-refractivity contribution in [3.63, 3.8) is 0 Å². The third-order valence-corrected chi connectivity index (χ3v) is 6.09. The first-order chi connectivity index (χ1) is 8.92. The third kappa shape index (κ3) is 3.66. The maximum Gasteiger partial charge on any atom is 0.241 e. The number of hydrogen-bond acceptors (Lipinski definition) is 4. The van der Waals surface area contributed by atoms with Crippen molar-refractivity contribution in [2.24, 2.45) is 5.73 Å². The molecule has 1 unspecified atom stereocenters. The molecule has 19 heavy (non-hydrogen) atoms. The second-order valence-electron chi connectivity index (χ2n) is 5.33. The van der Waals surface area contributed by atoms with Crippen LogP contribution in [-0.2, 0) is 14.6 Å². The maximum atomic E-state index is 12.5. The minimum atomic E-state index is -3.27. The van der Waals surface area contributed by atoms with E-state index in [1.165, 1.54) is 0 Å². The van der Waals surface area contributed by atoms with E-state index in [4.69, 9.17) is 18.0 Å². The van der Waals surface area contributed by atoms with Crippen molar-refractivity contribution in [2.45, 2.75) is 49.8 Å². The smallest absolute Gasteiger partial charge is 0.241 e. The molecule has 2 rings (SSSR count). The molecule has 2 aliphatic rings. The van der Waals surface area contributed by atoms with Crippen molar-refractivity contribution in [1.29, 1.82) is 0 Å². The van der Waals surface area contributed by atoms with Crippen molar-refractivity contribution < 1.29 is 13.2 Å². The van der Waals surface area contributed by atoms with Crippen molar-refractivity contribution in [2.75, 3.05) is 12.3 Å². The predicted molar refractivity (Wildman–Crippen MR) is 77.6 cm³/mol. The molecule has 1 saturated heterocycles. The molecule has 7 heteroatoms. The fourth-order valence-corrected chi connectivity index (χ4v) is 4.46. The summed E-state index contributed by atoms with van der Waals surface area (Å²) >= 11 is 4.83. The molecule has 1 aliphatic heterocycles. The molecule has 1 heterocycles. The monoisotopic (exact) mass is 304 g/mol. The Balaban J connectivity index is 2.08. The Morgan fingerprint density at radius 2 is 1.95 bits per heavy atom. The summed E-state index contributed by atoms with van der Waals surface area (Å²) in [4.78, 5) is 14.5. The number of thiocarbonyl (C=S) groups is 1. The highest BCUT2D eigenvalue weighted by molar-refractivity contribution is 7.92. The molecule has 5 nitrogen and oxygen atoms in total. The minimum absolute atomic E-state index is 0.136. The highest BCUT2D eigenvalue weighted by Gasteiger charge is 2.41. The SMILES string of the molecule is NC(=S)CCN(C(=O)C1CCCCS1(=O)=O)C1CC1. The van der Waals surface area contributed by atoms with Crippen LogP contribution in [0.3, 0.4) is 0 Å². The molecule has 1 amide bonds. The first-order valence-electron chi connectivity index (χ1n) is 6.72. The number of nitrogens with two attached hydrogens (primary N) is 1. The van der Waals surface area contributed by atoms with Gasteiger partial charge >= 0.3 is 0 Å². The molecule has 0 aromatic heterocycles. The molecule has 0 radical (unpaired) electrons. The Morgan fingerprint density at radius 3 is 2.47 bits per heavy atom. The van der Waals surface area contributed by atoms with Gasteiger partial charge in [-0.1, -0.05) is 18.6 Å². The van der Waals surface area contributed by atoms with Crippen molar-refractivity contribution >= 4 is 33.0 Å². The zero-order chi connectivity index (χ0) is 14.0. The second-order valence-corrected chi connectivity index (χ2v) is 8.16. The van der Waals surface area contributed by atoms with Crippen LogP contribution in [0.1, 0.15) is 38.5 Å². The largest absolute Gasteiger partial charge is 0.393 e. The van der Waals surface area contributed by atoms with Gasteiger partial charge < -0.3 is 10.6 Å². The zero-order valence-corrected chi connectivity index (χ0v) is 12.5. The van der Waals surface area contributed by atoms with Gasteiger partial charge in [0.2, 0.25) is 5.91 Å². The van der Waals surface area contributed by atoms with E-state index in [2.05, 4.69) is 0 Å². The van der Waals surface area contributed by atoms with Gasteiger partial charge in [0.1, 0.15) is 5.25 Å². The van der Waals surface area contributed by atoms with Crippen LogP contribution in [-0.4, -0.2) is 47.8 Å². The van der Waals surface area contributed by atoms with Crippen LogP contribution in [0.4, 0.5) is 0 Å². The number of rotatable bonds is 5. The molecule has 0 bridgehead atoms. The zero-order valence-electron chi connectivity index (χ0n) is 10.9. The van der Waals surface area contributed by atoms with E-state index in [-0.39, 0.29) is 17.7 Å². The average molecular weight is 304 g/mol. The van der Waals surface area contributed by atoms with Gasteiger partial charge in [0.05, 0.1) is 10.7 Å². The Morgan fingerprint density at radius 1 is 1.26 bits per heavy atom. The van der Waals surface area contributed by atoms with E-state index in [9.17, 15) is 13.2 Å². The fourth-order valence-electron chi connectivity index (χ4n) is 2.51. The Kier molecular flexibility index (Phi) is 4.45. The van der Waals surface area contributed by atoms with Crippen molar-refractivity contribution in [1.82, 2.24) is 4.90 Å². The van der Waals surface area contributed by atoms with Crippen LogP contribution in [0.2, 0.25) is 0 Å². The van der Waals surface area contributed by atoms with Gasteiger partial charge in [-0.3, -0.25) is 4.79 Å². The van der Waals surface area contributed by atoms with Crippen LogP contribution in [0.5, 0.6) is 0 Å². The normalized spacial score (nSPS) is 25.8. The fraction of sp³-hybridized carbons (Fsp3) is 0.833. The summed E-state index contributed by atoms with van der Waals surface area (Å²) < 4.78 is 24.0. The lowest BCUT2D eigenvalue weighted by molar-refractivity contribution is -0.131. The van der Waals surface area contributed by atoms with Gasteiger partial charge in [0.15, 0.2) is 9.84 Å². The minimum Gasteiger partial charge on any atom is -0.393 e. The summed E-state index contributed by atoms with van der Waals surface area (Å²) in [6.07, 6.45) is 4.30. The molecule has 0 aromatic rings. The lowest BCUT2D eigenvalue weighted by Gasteiger charge is -2.29. The second kappa shape index (κ2) is 5.75. The third-order valence-electron chi connectivity index (χ3n) is 3.72.